The molecule has 0 rings (SSSR count). The molecule has 1 nitrogen and oxygen atoms in total. The summed E-state index contributed by atoms with van der Waals surface area (Å²) >= 11 is 0. The summed E-state index contributed by atoms with van der Waals surface area (Å²) in [5.74, 6) is 0.379. The van der Waals surface area contributed by atoms with Crippen LogP contribution in [0.4, 0.5) is 0 Å². The fourth-order valence-corrected chi connectivity index (χ4v) is 0.731. The number of rotatable bonds is 4. The lowest BCUT2D eigenvalue weighted by Crippen LogP contribution is -1.94. The molecule has 58 valence electrons. The molecule has 0 N–H and O–H groups in total. The van der Waals surface area contributed by atoms with Crippen molar-refractivity contribution >= 4 is 6.29 Å². The minimum atomic E-state index is 0.379. The van der Waals surface area contributed by atoms with Gasteiger partial charge in [-0.1, -0.05) is 33.3 Å². The maximum Gasteiger partial charge on any atom is 0.145 e. The van der Waals surface area contributed by atoms with Gasteiger partial charge in [0, 0.05) is 0 Å². The van der Waals surface area contributed by atoms with Crippen LogP contribution in [0.1, 0.15) is 33.6 Å². The van der Waals surface area contributed by atoms with Crippen LogP contribution < -0.4 is 0 Å². The quantitative estimate of drug-likeness (QED) is 0.433. The van der Waals surface area contributed by atoms with Crippen LogP contribution in [0.25, 0.3) is 0 Å². The molecule has 0 aromatic heterocycles. The Labute approximate surface area is 63.1 Å². The first-order chi connectivity index (χ1) is 4.72. The molecule has 0 radical (unpaired) electrons. The fraction of sp³-hybridized carbons (Fsp3) is 0.667. The van der Waals surface area contributed by atoms with Gasteiger partial charge in [0.15, 0.2) is 0 Å². The Bertz CT molecular complexity index is 123. The summed E-state index contributed by atoms with van der Waals surface area (Å²) in [6.45, 7) is 6.19. The third kappa shape index (κ3) is 3.44. The second-order valence-corrected chi connectivity index (χ2v) is 2.77. The molecule has 0 heterocycles. The molecule has 0 spiro atoms. The van der Waals surface area contributed by atoms with Crippen molar-refractivity contribution in [3.05, 3.63) is 11.6 Å². The lowest BCUT2D eigenvalue weighted by Gasteiger charge is -2.01. The first-order valence-electron chi connectivity index (χ1n) is 3.87. The van der Waals surface area contributed by atoms with Gasteiger partial charge in [-0.25, -0.2) is 0 Å². The van der Waals surface area contributed by atoms with Crippen LogP contribution >= 0.6 is 0 Å². The molecule has 0 aromatic rings. The first-order valence-corrected chi connectivity index (χ1v) is 3.87. The SMILES string of the molecule is CCC/C=C(/C=O)C(C)C. The Morgan fingerprint density at radius 2 is 2.10 bits per heavy atom. The number of hydrogen-bond donors (Lipinski definition) is 0. The lowest BCUT2D eigenvalue weighted by atomic mass is 10.0. The van der Waals surface area contributed by atoms with E-state index in [-0.39, 0.29) is 0 Å². The highest BCUT2D eigenvalue weighted by Gasteiger charge is 1.98. The monoisotopic (exact) mass is 140 g/mol. The van der Waals surface area contributed by atoms with Crippen LogP contribution in [0.2, 0.25) is 0 Å². The molecule has 0 fully saturated rings. The van der Waals surface area contributed by atoms with E-state index in [1.165, 1.54) is 0 Å². The number of carbonyl (C=O) groups is 1. The molecule has 0 unspecified atom stereocenters. The molecule has 1 heteroatoms. The van der Waals surface area contributed by atoms with Crippen LogP contribution in [0.5, 0.6) is 0 Å². The summed E-state index contributed by atoms with van der Waals surface area (Å²) < 4.78 is 0. The second-order valence-electron chi connectivity index (χ2n) is 2.77. The van der Waals surface area contributed by atoms with Gasteiger partial charge in [-0.15, -0.1) is 0 Å². The Kier molecular flexibility index (Phi) is 4.91. The van der Waals surface area contributed by atoms with E-state index >= 15 is 0 Å². The van der Waals surface area contributed by atoms with E-state index in [1.54, 1.807) is 0 Å². The smallest absolute Gasteiger partial charge is 0.145 e. The van der Waals surface area contributed by atoms with E-state index in [1.807, 2.05) is 19.9 Å². The zero-order valence-electron chi connectivity index (χ0n) is 7.05. The molecule has 0 atom stereocenters. The van der Waals surface area contributed by atoms with Gasteiger partial charge in [-0.2, -0.15) is 0 Å². The van der Waals surface area contributed by atoms with Crippen molar-refractivity contribution in [1.29, 1.82) is 0 Å². The van der Waals surface area contributed by atoms with E-state index in [0.29, 0.717) is 5.92 Å². The maximum atomic E-state index is 10.4. The summed E-state index contributed by atoms with van der Waals surface area (Å²) in [4.78, 5) is 10.4. The zero-order chi connectivity index (χ0) is 7.98. The van der Waals surface area contributed by atoms with Crippen molar-refractivity contribution < 1.29 is 4.79 Å². The summed E-state index contributed by atoms with van der Waals surface area (Å²) in [5.41, 5.74) is 0.932. The molecule has 10 heavy (non-hydrogen) atoms. The standard InChI is InChI=1S/C9H16O/c1-4-5-6-9(7-10)8(2)3/h6-8H,4-5H2,1-3H3/b9-6-. The number of carbonyl (C=O) groups excluding carboxylic acids is 1. The molecule has 0 bridgehead atoms. The van der Waals surface area contributed by atoms with Gasteiger partial charge in [0.25, 0.3) is 0 Å². The third-order valence-corrected chi connectivity index (χ3v) is 1.47. The van der Waals surface area contributed by atoms with Gasteiger partial charge < -0.3 is 0 Å². The van der Waals surface area contributed by atoms with Gasteiger partial charge in [0.1, 0.15) is 6.29 Å². The average molecular weight is 140 g/mol. The Morgan fingerprint density at radius 1 is 1.50 bits per heavy atom. The maximum absolute atomic E-state index is 10.4. The number of allylic oxidation sites excluding steroid dienone is 2. The van der Waals surface area contributed by atoms with Gasteiger partial charge in [0.2, 0.25) is 0 Å². The normalized spacial score (nSPS) is 12.2. The molecular formula is C9H16O. The Hall–Kier alpha value is -0.590. The van der Waals surface area contributed by atoms with E-state index < -0.39 is 0 Å². The summed E-state index contributed by atoms with van der Waals surface area (Å²) in [5, 5.41) is 0. The highest BCUT2D eigenvalue weighted by Crippen LogP contribution is 2.07. The van der Waals surface area contributed by atoms with Crippen molar-refractivity contribution in [2.24, 2.45) is 5.92 Å². The molecule has 0 aliphatic carbocycles. The number of hydrogen-bond acceptors (Lipinski definition) is 1. The minimum Gasteiger partial charge on any atom is -0.298 e. The van der Waals surface area contributed by atoms with Crippen molar-refractivity contribution in [3.63, 3.8) is 0 Å². The largest absolute Gasteiger partial charge is 0.298 e. The van der Waals surface area contributed by atoms with Crippen LogP contribution in [0, 0.1) is 5.92 Å². The zero-order valence-corrected chi connectivity index (χ0v) is 7.05. The van der Waals surface area contributed by atoms with Crippen molar-refractivity contribution in [1.82, 2.24) is 0 Å². The predicted octanol–water partition coefficient (Wildman–Crippen LogP) is 2.57. The summed E-state index contributed by atoms with van der Waals surface area (Å²) in [6.07, 6.45) is 5.12. The minimum absolute atomic E-state index is 0.379. The molecule has 0 aromatic carbocycles. The first kappa shape index (κ1) is 9.41. The predicted molar refractivity (Wildman–Crippen MR) is 43.9 cm³/mol. The lowest BCUT2D eigenvalue weighted by molar-refractivity contribution is -0.105. The number of aldehydes is 1. The Morgan fingerprint density at radius 3 is 2.40 bits per heavy atom. The number of unbranched alkanes of at least 4 members (excludes halogenated alkanes) is 1. The Balaban J connectivity index is 3.91. The molecule has 0 saturated carbocycles. The molecule has 0 amide bonds. The van der Waals surface area contributed by atoms with Gasteiger partial charge >= 0.3 is 0 Å². The fourth-order valence-electron chi connectivity index (χ4n) is 0.731. The van der Waals surface area contributed by atoms with Crippen molar-refractivity contribution in [3.8, 4) is 0 Å². The topological polar surface area (TPSA) is 17.1 Å². The van der Waals surface area contributed by atoms with E-state index in [9.17, 15) is 4.79 Å². The third-order valence-electron chi connectivity index (χ3n) is 1.47. The molecule has 0 aliphatic rings. The van der Waals surface area contributed by atoms with Crippen LogP contribution in [-0.4, -0.2) is 6.29 Å². The van der Waals surface area contributed by atoms with Crippen molar-refractivity contribution in [2.45, 2.75) is 33.6 Å². The van der Waals surface area contributed by atoms with E-state index in [4.69, 9.17) is 0 Å². The van der Waals surface area contributed by atoms with Gasteiger partial charge in [-0.3, -0.25) is 4.79 Å². The van der Waals surface area contributed by atoms with Crippen LogP contribution in [0.15, 0.2) is 11.6 Å². The second kappa shape index (κ2) is 5.21. The summed E-state index contributed by atoms with van der Waals surface area (Å²) in [6, 6.07) is 0. The highest BCUT2D eigenvalue weighted by atomic mass is 16.1. The van der Waals surface area contributed by atoms with E-state index in [2.05, 4.69) is 6.92 Å². The van der Waals surface area contributed by atoms with E-state index in [0.717, 1.165) is 24.7 Å². The van der Waals surface area contributed by atoms with Crippen molar-refractivity contribution in [2.75, 3.05) is 0 Å². The van der Waals surface area contributed by atoms with Gasteiger partial charge in [0.05, 0.1) is 0 Å². The average Bonchev–Trinajstić information content (AvgIpc) is 1.89. The summed E-state index contributed by atoms with van der Waals surface area (Å²) in [7, 11) is 0. The van der Waals surface area contributed by atoms with Crippen LogP contribution in [0.3, 0.4) is 0 Å². The van der Waals surface area contributed by atoms with Crippen LogP contribution in [-0.2, 0) is 4.79 Å². The molecular weight excluding hydrogens is 124 g/mol. The molecule has 0 aliphatic heterocycles. The van der Waals surface area contributed by atoms with Gasteiger partial charge in [-0.05, 0) is 17.9 Å². The highest BCUT2D eigenvalue weighted by molar-refractivity contribution is 5.73. The molecule has 0 saturated heterocycles.